The molecule has 0 spiro atoms. The van der Waals surface area contributed by atoms with E-state index in [-0.39, 0.29) is 0 Å². The van der Waals surface area contributed by atoms with E-state index in [4.69, 9.17) is 14.5 Å². The topological polar surface area (TPSA) is 48.3 Å². The molecule has 0 amide bonds. The highest BCUT2D eigenvalue weighted by Crippen LogP contribution is 2.21. The van der Waals surface area contributed by atoms with Gasteiger partial charge >= 0.3 is 0 Å². The van der Waals surface area contributed by atoms with Crippen LogP contribution in [0.1, 0.15) is 17.0 Å². The Labute approximate surface area is 177 Å². The molecule has 1 heterocycles. The molecule has 0 aliphatic carbocycles. The van der Waals surface area contributed by atoms with Gasteiger partial charge in [0.05, 0.1) is 18.1 Å². The van der Waals surface area contributed by atoms with Gasteiger partial charge in [0.1, 0.15) is 23.9 Å². The maximum Gasteiger partial charge on any atom is 0.119 e. The van der Waals surface area contributed by atoms with Crippen LogP contribution in [0.3, 0.4) is 0 Å². The van der Waals surface area contributed by atoms with Crippen molar-refractivity contribution in [2.24, 2.45) is 0 Å². The standard InChI is InChI=1S/C25H27N3O2/c1-18-27-24-16-21(26-2)8-13-25(24)28(18)15-14-19-4-11-23(12-5-19)30-17-20-6-9-22(29-3)10-7-20/h4-13,16,26H,14-15,17H2,1-3H3. The summed E-state index contributed by atoms with van der Waals surface area (Å²) in [6.07, 6.45) is 0.943. The third-order valence-corrected chi connectivity index (χ3v) is 5.34. The normalized spacial score (nSPS) is 10.9. The second kappa shape index (κ2) is 8.91. The van der Waals surface area contributed by atoms with Crippen LogP contribution in [0.25, 0.3) is 11.0 Å². The number of anilines is 1. The summed E-state index contributed by atoms with van der Waals surface area (Å²) in [5, 5.41) is 3.17. The molecule has 30 heavy (non-hydrogen) atoms. The Bertz CT molecular complexity index is 1120. The molecular formula is C25H27N3O2. The number of fused-ring (bicyclic) bond motifs is 1. The van der Waals surface area contributed by atoms with Crippen molar-refractivity contribution >= 4 is 16.7 Å². The minimum atomic E-state index is 0.540. The van der Waals surface area contributed by atoms with Gasteiger partial charge in [0.2, 0.25) is 0 Å². The minimum Gasteiger partial charge on any atom is -0.497 e. The van der Waals surface area contributed by atoms with Gasteiger partial charge in [-0.1, -0.05) is 24.3 Å². The summed E-state index contributed by atoms with van der Waals surface area (Å²) in [5.74, 6) is 2.77. The van der Waals surface area contributed by atoms with Gasteiger partial charge < -0.3 is 19.4 Å². The zero-order valence-corrected chi connectivity index (χ0v) is 17.7. The van der Waals surface area contributed by atoms with E-state index in [1.54, 1.807) is 7.11 Å². The van der Waals surface area contributed by atoms with Gasteiger partial charge in [-0.25, -0.2) is 4.98 Å². The summed E-state index contributed by atoms with van der Waals surface area (Å²) in [6, 6.07) is 22.6. The molecule has 4 rings (SSSR count). The summed E-state index contributed by atoms with van der Waals surface area (Å²) in [5.41, 5.74) is 5.67. The van der Waals surface area contributed by atoms with Crippen LogP contribution in [-0.4, -0.2) is 23.7 Å². The Kier molecular flexibility index (Phi) is 5.89. The first-order valence-electron chi connectivity index (χ1n) is 10.2. The highest BCUT2D eigenvalue weighted by Gasteiger charge is 2.08. The molecule has 0 aliphatic heterocycles. The van der Waals surface area contributed by atoms with E-state index in [9.17, 15) is 0 Å². The molecule has 0 unspecified atom stereocenters. The quantitative estimate of drug-likeness (QED) is 0.440. The van der Waals surface area contributed by atoms with Gasteiger partial charge in [-0.3, -0.25) is 0 Å². The van der Waals surface area contributed by atoms with Crippen molar-refractivity contribution in [2.75, 3.05) is 19.5 Å². The molecule has 5 heteroatoms. The Hall–Kier alpha value is -3.47. The number of methoxy groups -OCH3 is 1. The van der Waals surface area contributed by atoms with Gasteiger partial charge in [-0.05, 0) is 66.9 Å². The van der Waals surface area contributed by atoms with Gasteiger partial charge in [0, 0.05) is 19.3 Å². The lowest BCUT2D eigenvalue weighted by Crippen LogP contribution is -2.03. The molecule has 0 radical (unpaired) electrons. The van der Waals surface area contributed by atoms with Crippen LogP contribution >= 0.6 is 0 Å². The van der Waals surface area contributed by atoms with Crippen LogP contribution in [0, 0.1) is 6.92 Å². The maximum absolute atomic E-state index is 5.91. The third kappa shape index (κ3) is 4.40. The summed E-state index contributed by atoms with van der Waals surface area (Å²) in [7, 11) is 3.60. The summed E-state index contributed by atoms with van der Waals surface area (Å²) in [6.45, 7) is 3.50. The number of benzene rings is 3. The number of aryl methyl sites for hydroxylation is 3. The minimum absolute atomic E-state index is 0.540. The SMILES string of the molecule is CNc1ccc2c(c1)nc(C)n2CCc1ccc(OCc2ccc(OC)cc2)cc1. The molecule has 4 aromatic rings. The van der Waals surface area contributed by atoms with Crippen LogP contribution in [0.4, 0.5) is 5.69 Å². The van der Waals surface area contributed by atoms with Gasteiger partial charge in [0.25, 0.3) is 0 Å². The van der Waals surface area contributed by atoms with E-state index in [2.05, 4.69) is 47.1 Å². The van der Waals surface area contributed by atoms with Crippen molar-refractivity contribution in [1.82, 2.24) is 9.55 Å². The molecule has 3 aromatic carbocycles. The van der Waals surface area contributed by atoms with E-state index in [0.717, 1.165) is 47.1 Å². The van der Waals surface area contributed by atoms with E-state index >= 15 is 0 Å². The van der Waals surface area contributed by atoms with Crippen molar-refractivity contribution in [3.63, 3.8) is 0 Å². The number of ether oxygens (including phenoxy) is 2. The van der Waals surface area contributed by atoms with E-state index in [1.165, 1.54) is 11.1 Å². The van der Waals surface area contributed by atoms with Crippen molar-refractivity contribution in [1.29, 1.82) is 0 Å². The highest BCUT2D eigenvalue weighted by atomic mass is 16.5. The van der Waals surface area contributed by atoms with Crippen molar-refractivity contribution in [2.45, 2.75) is 26.5 Å². The number of rotatable bonds is 8. The van der Waals surface area contributed by atoms with E-state index < -0.39 is 0 Å². The van der Waals surface area contributed by atoms with E-state index in [1.807, 2.05) is 43.4 Å². The summed E-state index contributed by atoms with van der Waals surface area (Å²) >= 11 is 0. The third-order valence-electron chi connectivity index (χ3n) is 5.34. The predicted octanol–water partition coefficient (Wildman–Crippen LogP) is 5.22. The molecule has 0 saturated carbocycles. The number of nitrogens with zero attached hydrogens (tertiary/aromatic N) is 2. The molecule has 0 atom stereocenters. The molecule has 5 nitrogen and oxygen atoms in total. The molecule has 0 saturated heterocycles. The van der Waals surface area contributed by atoms with Crippen molar-refractivity contribution < 1.29 is 9.47 Å². The molecule has 1 N–H and O–H groups in total. The Balaban J connectivity index is 1.36. The highest BCUT2D eigenvalue weighted by molar-refractivity contribution is 5.80. The van der Waals surface area contributed by atoms with Crippen LogP contribution in [0.5, 0.6) is 11.5 Å². The fourth-order valence-electron chi connectivity index (χ4n) is 3.57. The number of nitrogens with one attached hydrogen (secondary N) is 1. The maximum atomic E-state index is 5.91. The van der Waals surface area contributed by atoms with E-state index in [0.29, 0.717) is 6.61 Å². The largest absolute Gasteiger partial charge is 0.497 e. The fourth-order valence-corrected chi connectivity index (χ4v) is 3.57. The van der Waals surface area contributed by atoms with Crippen LogP contribution in [0.15, 0.2) is 66.7 Å². The predicted molar refractivity (Wildman–Crippen MR) is 121 cm³/mol. The summed E-state index contributed by atoms with van der Waals surface area (Å²) in [4.78, 5) is 4.71. The monoisotopic (exact) mass is 401 g/mol. The molecule has 1 aromatic heterocycles. The fraction of sp³-hybridized carbons (Fsp3) is 0.240. The van der Waals surface area contributed by atoms with Crippen LogP contribution in [-0.2, 0) is 19.6 Å². The zero-order valence-electron chi connectivity index (χ0n) is 17.7. The van der Waals surface area contributed by atoms with Gasteiger partial charge in [0.15, 0.2) is 0 Å². The first-order valence-corrected chi connectivity index (χ1v) is 10.2. The smallest absolute Gasteiger partial charge is 0.119 e. The zero-order chi connectivity index (χ0) is 20.9. The van der Waals surface area contributed by atoms with Crippen LogP contribution in [0.2, 0.25) is 0 Å². The molecule has 154 valence electrons. The van der Waals surface area contributed by atoms with Gasteiger partial charge in [-0.2, -0.15) is 0 Å². The molecule has 0 fully saturated rings. The number of imidazole rings is 1. The number of hydrogen-bond donors (Lipinski definition) is 1. The molecule has 0 bridgehead atoms. The van der Waals surface area contributed by atoms with Crippen molar-refractivity contribution in [3.05, 3.63) is 83.7 Å². The second-order valence-corrected chi connectivity index (χ2v) is 7.29. The average Bonchev–Trinajstić information content (AvgIpc) is 3.11. The van der Waals surface area contributed by atoms with Crippen LogP contribution < -0.4 is 14.8 Å². The lowest BCUT2D eigenvalue weighted by molar-refractivity contribution is 0.306. The molecular weight excluding hydrogens is 374 g/mol. The summed E-state index contributed by atoms with van der Waals surface area (Å²) < 4.78 is 13.4. The lowest BCUT2D eigenvalue weighted by atomic mass is 10.1. The van der Waals surface area contributed by atoms with Crippen molar-refractivity contribution in [3.8, 4) is 11.5 Å². The van der Waals surface area contributed by atoms with Gasteiger partial charge in [-0.15, -0.1) is 0 Å². The average molecular weight is 402 g/mol. The molecule has 0 aliphatic rings. The number of hydrogen-bond acceptors (Lipinski definition) is 4. The first kappa shape index (κ1) is 19.8. The Morgan fingerprint density at radius 2 is 1.60 bits per heavy atom. The Morgan fingerprint density at radius 1 is 0.900 bits per heavy atom. The Morgan fingerprint density at radius 3 is 2.30 bits per heavy atom. The number of aromatic nitrogens is 2. The lowest BCUT2D eigenvalue weighted by Gasteiger charge is -2.10. The second-order valence-electron chi connectivity index (χ2n) is 7.29. The first-order chi connectivity index (χ1) is 14.7.